The number of aromatic amines is 1. The molecule has 1 amide bonds. The van der Waals surface area contributed by atoms with E-state index in [9.17, 15) is 4.79 Å². The van der Waals surface area contributed by atoms with E-state index in [1.165, 1.54) is 18.4 Å². The van der Waals surface area contributed by atoms with Crippen molar-refractivity contribution in [3.8, 4) is 0 Å². The molecule has 1 saturated heterocycles. The van der Waals surface area contributed by atoms with Gasteiger partial charge in [0.05, 0.1) is 0 Å². The molecule has 2 N–H and O–H groups in total. The van der Waals surface area contributed by atoms with Gasteiger partial charge in [-0.1, -0.05) is 26.8 Å². The number of hydrogen-bond acceptors (Lipinski definition) is 3. The largest absolute Gasteiger partial charge is 0.357 e. The third-order valence-electron chi connectivity index (χ3n) is 5.61. The third-order valence-corrected chi connectivity index (χ3v) is 5.61. The van der Waals surface area contributed by atoms with Crippen LogP contribution in [0.3, 0.4) is 0 Å². The zero-order valence-corrected chi connectivity index (χ0v) is 17.8. The molecule has 5 nitrogen and oxygen atoms in total. The van der Waals surface area contributed by atoms with Crippen LogP contribution in [0.2, 0.25) is 0 Å². The smallest absolute Gasteiger partial charge is 0.267 e. The first-order chi connectivity index (χ1) is 13.8. The predicted molar refractivity (Wildman–Crippen MR) is 119 cm³/mol. The summed E-state index contributed by atoms with van der Waals surface area (Å²) in [6, 6.07) is 12.4. The Bertz CT molecular complexity index is 1040. The first-order valence-corrected chi connectivity index (χ1v) is 10.4. The second kappa shape index (κ2) is 7.54. The first-order valence-electron chi connectivity index (χ1n) is 10.4. The summed E-state index contributed by atoms with van der Waals surface area (Å²) < 4.78 is 0. The van der Waals surface area contributed by atoms with Gasteiger partial charge in [0.25, 0.3) is 5.91 Å². The van der Waals surface area contributed by atoms with Crippen molar-refractivity contribution in [2.45, 2.75) is 52.5 Å². The fourth-order valence-corrected chi connectivity index (χ4v) is 3.93. The number of pyridine rings is 1. The molecule has 1 aromatic carbocycles. The second-order valence-corrected chi connectivity index (χ2v) is 9.09. The Kier molecular flexibility index (Phi) is 5.07. The van der Waals surface area contributed by atoms with Crippen LogP contribution in [0.25, 0.3) is 10.9 Å². The molecular weight excluding hydrogens is 360 g/mol. The number of aryl methyl sites for hydroxylation is 1. The summed E-state index contributed by atoms with van der Waals surface area (Å²) in [5.74, 6) is 0.933. The maximum Gasteiger partial charge on any atom is 0.267 e. The highest BCUT2D eigenvalue weighted by atomic mass is 16.1. The number of benzene rings is 1. The number of hydrogen-bond donors (Lipinski definition) is 2. The minimum atomic E-state index is -0.0873. The zero-order valence-electron chi connectivity index (χ0n) is 17.8. The molecule has 3 heterocycles. The highest BCUT2D eigenvalue weighted by Crippen LogP contribution is 2.26. The third kappa shape index (κ3) is 4.29. The average molecular weight is 391 g/mol. The van der Waals surface area contributed by atoms with Crippen LogP contribution in [-0.4, -0.2) is 29.0 Å². The molecule has 0 bridgehead atoms. The molecule has 0 radical (unpaired) electrons. The number of nitrogens with one attached hydrogen (secondary N) is 2. The maximum absolute atomic E-state index is 12.7. The molecule has 5 heteroatoms. The van der Waals surface area contributed by atoms with Crippen molar-refractivity contribution in [3.63, 3.8) is 0 Å². The Morgan fingerprint density at radius 1 is 1.14 bits per heavy atom. The fourth-order valence-electron chi connectivity index (χ4n) is 3.93. The summed E-state index contributed by atoms with van der Waals surface area (Å²) in [6.45, 7) is 11.2. The van der Waals surface area contributed by atoms with Gasteiger partial charge in [-0.25, -0.2) is 4.98 Å². The molecular formula is C24H30N4O. The number of carbonyl (C=O) groups is 1. The van der Waals surface area contributed by atoms with Crippen LogP contribution in [0.1, 0.15) is 60.9 Å². The standard InChI is InChI=1S/C24H30N4O/c1-16-11-17(12-22(26-16)28-9-5-6-10-28)15-25-23(29)21-14-18-13-19(24(2,3)4)7-8-20(18)27-21/h7-8,11-14,27H,5-6,9-10,15H2,1-4H3,(H,25,29). The lowest BCUT2D eigenvalue weighted by Crippen LogP contribution is -2.24. The van der Waals surface area contributed by atoms with E-state index in [-0.39, 0.29) is 11.3 Å². The Morgan fingerprint density at radius 2 is 1.90 bits per heavy atom. The van der Waals surface area contributed by atoms with E-state index in [0.29, 0.717) is 12.2 Å². The number of fused-ring (bicyclic) bond motifs is 1. The van der Waals surface area contributed by atoms with Crippen LogP contribution >= 0.6 is 0 Å². The highest BCUT2D eigenvalue weighted by Gasteiger charge is 2.17. The lowest BCUT2D eigenvalue weighted by Gasteiger charge is -2.18. The van der Waals surface area contributed by atoms with Crippen LogP contribution in [0.5, 0.6) is 0 Å². The van der Waals surface area contributed by atoms with Crippen molar-refractivity contribution in [1.29, 1.82) is 0 Å². The minimum absolute atomic E-state index is 0.0835. The predicted octanol–water partition coefficient (Wildman–Crippen LogP) is 4.70. The number of amides is 1. The van der Waals surface area contributed by atoms with Gasteiger partial charge in [0.15, 0.2) is 0 Å². The lowest BCUT2D eigenvalue weighted by atomic mass is 9.86. The van der Waals surface area contributed by atoms with Gasteiger partial charge in [-0.3, -0.25) is 4.79 Å². The van der Waals surface area contributed by atoms with Gasteiger partial charge < -0.3 is 15.2 Å². The molecule has 1 aliphatic heterocycles. The quantitative estimate of drug-likeness (QED) is 0.679. The van der Waals surface area contributed by atoms with Crippen molar-refractivity contribution in [1.82, 2.24) is 15.3 Å². The monoisotopic (exact) mass is 390 g/mol. The van der Waals surface area contributed by atoms with E-state index >= 15 is 0 Å². The van der Waals surface area contributed by atoms with Crippen molar-refractivity contribution >= 4 is 22.6 Å². The van der Waals surface area contributed by atoms with Gasteiger partial charge in [0, 0.05) is 36.2 Å². The van der Waals surface area contributed by atoms with E-state index < -0.39 is 0 Å². The number of aromatic nitrogens is 2. The van der Waals surface area contributed by atoms with Crippen molar-refractivity contribution < 1.29 is 4.79 Å². The van der Waals surface area contributed by atoms with E-state index in [1.54, 1.807) is 0 Å². The van der Waals surface area contributed by atoms with Crippen LogP contribution in [0.15, 0.2) is 36.4 Å². The molecule has 0 aliphatic carbocycles. The van der Waals surface area contributed by atoms with Crippen LogP contribution < -0.4 is 10.2 Å². The van der Waals surface area contributed by atoms with Gasteiger partial charge >= 0.3 is 0 Å². The van der Waals surface area contributed by atoms with Gasteiger partial charge in [-0.2, -0.15) is 0 Å². The molecule has 152 valence electrons. The zero-order chi connectivity index (χ0) is 20.6. The number of H-pyrrole nitrogens is 1. The molecule has 29 heavy (non-hydrogen) atoms. The lowest BCUT2D eigenvalue weighted by molar-refractivity contribution is 0.0946. The van der Waals surface area contributed by atoms with Crippen molar-refractivity contribution in [3.05, 3.63) is 58.9 Å². The van der Waals surface area contributed by atoms with E-state index in [2.05, 4.69) is 65.2 Å². The Hall–Kier alpha value is -2.82. The Balaban J connectivity index is 1.48. The van der Waals surface area contributed by atoms with Gasteiger partial charge in [-0.15, -0.1) is 0 Å². The first kappa shape index (κ1) is 19.5. The normalized spacial score (nSPS) is 14.6. The summed E-state index contributed by atoms with van der Waals surface area (Å²) in [5, 5.41) is 4.12. The summed E-state index contributed by atoms with van der Waals surface area (Å²) in [7, 11) is 0. The van der Waals surface area contributed by atoms with Crippen LogP contribution in [0, 0.1) is 6.92 Å². The van der Waals surface area contributed by atoms with Gasteiger partial charge in [0.2, 0.25) is 0 Å². The van der Waals surface area contributed by atoms with Gasteiger partial charge in [0.1, 0.15) is 11.5 Å². The summed E-state index contributed by atoms with van der Waals surface area (Å²) >= 11 is 0. The molecule has 3 aromatic rings. The van der Waals surface area contributed by atoms with Crippen LogP contribution in [0.4, 0.5) is 5.82 Å². The fraction of sp³-hybridized carbons (Fsp3) is 0.417. The number of rotatable bonds is 4. The number of carbonyl (C=O) groups excluding carboxylic acids is 1. The summed E-state index contributed by atoms with van der Waals surface area (Å²) in [4.78, 5) is 23.0. The average Bonchev–Trinajstić information content (AvgIpc) is 3.34. The van der Waals surface area contributed by atoms with E-state index in [1.807, 2.05) is 19.1 Å². The molecule has 0 spiro atoms. The van der Waals surface area contributed by atoms with E-state index in [0.717, 1.165) is 41.1 Å². The molecule has 0 unspecified atom stereocenters. The second-order valence-electron chi connectivity index (χ2n) is 9.09. The Morgan fingerprint density at radius 3 is 2.62 bits per heavy atom. The van der Waals surface area contributed by atoms with Crippen LogP contribution in [-0.2, 0) is 12.0 Å². The molecule has 2 aromatic heterocycles. The Labute approximate surface area is 172 Å². The molecule has 0 atom stereocenters. The van der Waals surface area contributed by atoms with Gasteiger partial charge in [-0.05, 0) is 66.6 Å². The molecule has 0 saturated carbocycles. The number of nitrogens with zero attached hydrogens (tertiary/aromatic N) is 2. The van der Waals surface area contributed by atoms with Crippen molar-refractivity contribution in [2.24, 2.45) is 0 Å². The summed E-state index contributed by atoms with van der Waals surface area (Å²) in [6.07, 6.45) is 2.44. The van der Waals surface area contributed by atoms with E-state index in [4.69, 9.17) is 0 Å². The molecule has 4 rings (SSSR count). The van der Waals surface area contributed by atoms with Crippen molar-refractivity contribution in [2.75, 3.05) is 18.0 Å². The molecule has 1 aliphatic rings. The topological polar surface area (TPSA) is 61.0 Å². The highest BCUT2D eigenvalue weighted by molar-refractivity contribution is 5.98. The minimum Gasteiger partial charge on any atom is -0.357 e. The maximum atomic E-state index is 12.7. The molecule has 1 fully saturated rings. The number of anilines is 1. The SMILES string of the molecule is Cc1cc(CNC(=O)c2cc3cc(C(C)(C)C)ccc3[nH]2)cc(N2CCCC2)n1. The summed E-state index contributed by atoms with van der Waals surface area (Å²) in [5.41, 5.74) is 4.99.